The van der Waals surface area contributed by atoms with E-state index in [9.17, 15) is 9.59 Å². The number of carboxylic acids is 1. The summed E-state index contributed by atoms with van der Waals surface area (Å²) in [5, 5.41) is 11.6. The van der Waals surface area contributed by atoms with Crippen LogP contribution in [0.25, 0.3) is 0 Å². The Hall–Kier alpha value is -1.08. The van der Waals surface area contributed by atoms with Crippen LogP contribution in [-0.2, 0) is 4.79 Å². The normalized spacial score (nSPS) is 11.1. The number of urea groups is 1. The number of benzene rings is 1. The van der Waals surface area contributed by atoms with Crippen LogP contribution in [0, 0.1) is 0 Å². The van der Waals surface area contributed by atoms with Crippen molar-refractivity contribution in [2.75, 3.05) is 11.9 Å². The lowest BCUT2D eigenvalue weighted by Gasteiger charge is -2.35. The number of carbonyl (C=O) groups excluding carboxylic acids is 1. The molecule has 2 amide bonds. The molecule has 0 radical (unpaired) electrons. The zero-order valence-corrected chi connectivity index (χ0v) is 15.3. The van der Waals surface area contributed by atoms with E-state index in [2.05, 4.69) is 37.2 Å². The van der Waals surface area contributed by atoms with Gasteiger partial charge in [0.05, 0.1) is 12.1 Å². The molecule has 1 aromatic rings. The summed E-state index contributed by atoms with van der Waals surface area (Å²) in [6.07, 6.45) is -0.0954. The van der Waals surface area contributed by atoms with Crippen LogP contribution in [0.5, 0.6) is 0 Å². The lowest BCUT2D eigenvalue weighted by Crippen LogP contribution is -2.48. The number of rotatable bonds is 4. The zero-order chi connectivity index (χ0) is 16.2. The minimum atomic E-state index is -0.931. The zero-order valence-electron chi connectivity index (χ0n) is 12.1. The predicted molar refractivity (Wildman–Crippen MR) is 89.6 cm³/mol. The Morgan fingerprint density at radius 1 is 1.24 bits per heavy atom. The first kappa shape index (κ1) is 18.0. The van der Waals surface area contributed by atoms with Crippen LogP contribution in [0.15, 0.2) is 27.1 Å². The SMILES string of the molecule is CC(C)(C)N(CCC(=O)O)C(=O)Nc1c(Br)cccc1Br. The van der Waals surface area contributed by atoms with Crippen molar-refractivity contribution in [2.24, 2.45) is 0 Å². The van der Waals surface area contributed by atoms with E-state index in [0.29, 0.717) is 5.69 Å². The van der Waals surface area contributed by atoms with Gasteiger partial charge in [0, 0.05) is 21.0 Å². The Morgan fingerprint density at radius 3 is 2.19 bits per heavy atom. The molecule has 5 nitrogen and oxygen atoms in total. The third-order valence-electron chi connectivity index (χ3n) is 2.80. The van der Waals surface area contributed by atoms with Gasteiger partial charge in [0.25, 0.3) is 0 Å². The standard InChI is InChI=1S/C14H18Br2N2O3/c1-14(2,3)18(8-7-11(19)20)13(21)17-12-9(15)5-4-6-10(12)16/h4-6H,7-8H2,1-3H3,(H,17,21)(H,19,20). The van der Waals surface area contributed by atoms with Crippen LogP contribution >= 0.6 is 31.9 Å². The first-order chi connectivity index (χ1) is 9.62. The van der Waals surface area contributed by atoms with Gasteiger partial charge >= 0.3 is 12.0 Å². The minimum absolute atomic E-state index is 0.0954. The molecule has 0 aromatic heterocycles. The number of nitrogens with one attached hydrogen (secondary N) is 1. The second kappa shape index (κ2) is 7.26. The Balaban J connectivity index is 2.93. The number of aliphatic carboxylic acids is 1. The van der Waals surface area contributed by atoms with E-state index in [0.717, 1.165) is 8.95 Å². The fourth-order valence-electron chi connectivity index (χ4n) is 1.74. The molecule has 0 fully saturated rings. The van der Waals surface area contributed by atoms with E-state index in [4.69, 9.17) is 5.11 Å². The Kier molecular flexibility index (Phi) is 6.22. The predicted octanol–water partition coefficient (Wildman–Crippen LogP) is 4.32. The molecule has 21 heavy (non-hydrogen) atoms. The van der Waals surface area contributed by atoms with Crippen LogP contribution in [0.3, 0.4) is 0 Å². The van der Waals surface area contributed by atoms with Gasteiger partial charge in [-0.3, -0.25) is 4.79 Å². The number of halogens is 2. The van der Waals surface area contributed by atoms with Gasteiger partial charge in [-0.25, -0.2) is 4.79 Å². The molecule has 7 heteroatoms. The van der Waals surface area contributed by atoms with E-state index < -0.39 is 11.5 Å². The average molecular weight is 422 g/mol. The maximum atomic E-state index is 12.5. The Bertz CT molecular complexity index is 521. The van der Waals surface area contributed by atoms with Gasteiger partial charge in [-0.15, -0.1) is 0 Å². The molecule has 0 atom stereocenters. The number of carboxylic acid groups (broad SMARTS) is 1. The van der Waals surface area contributed by atoms with Crippen molar-refractivity contribution in [3.63, 3.8) is 0 Å². The Labute approximate surface area is 141 Å². The highest BCUT2D eigenvalue weighted by Gasteiger charge is 2.27. The summed E-state index contributed by atoms with van der Waals surface area (Å²) >= 11 is 6.76. The summed E-state index contributed by atoms with van der Waals surface area (Å²) in [4.78, 5) is 24.7. The molecule has 0 unspecified atom stereocenters. The van der Waals surface area contributed by atoms with E-state index in [1.54, 1.807) is 0 Å². The number of anilines is 1. The van der Waals surface area contributed by atoms with Crippen molar-refractivity contribution >= 4 is 49.5 Å². The second-order valence-electron chi connectivity index (χ2n) is 5.49. The monoisotopic (exact) mass is 420 g/mol. The number of amides is 2. The second-order valence-corrected chi connectivity index (χ2v) is 7.20. The van der Waals surface area contributed by atoms with Crippen LogP contribution < -0.4 is 5.32 Å². The lowest BCUT2D eigenvalue weighted by atomic mass is 10.1. The van der Waals surface area contributed by atoms with E-state index >= 15 is 0 Å². The summed E-state index contributed by atoms with van der Waals surface area (Å²) < 4.78 is 1.50. The summed E-state index contributed by atoms with van der Waals surface area (Å²) in [5.74, 6) is -0.931. The van der Waals surface area contributed by atoms with Gasteiger partial charge in [0.15, 0.2) is 0 Å². The molecular weight excluding hydrogens is 404 g/mol. The number of hydrogen-bond acceptors (Lipinski definition) is 2. The summed E-state index contributed by atoms with van der Waals surface area (Å²) in [5.41, 5.74) is 0.139. The van der Waals surface area contributed by atoms with Gasteiger partial charge in [0.1, 0.15) is 0 Å². The largest absolute Gasteiger partial charge is 0.481 e. The van der Waals surface area contributed by atoms with Crippen LogP contribution in [-0.4, -0.2) is 34.1 Å². The van der Waals surface area contributed by atoms with Crippen molar-refractivity contribution in [3.8, 4) is 0 Å². The van der Waals surface area contributed by atoms with Crippen LogP contribution in [0.2, 0.25) is 0 Å². The molecule has 0 heterocycles. The Morgan fingerprint density at radius 2 is 1.76 bits per heavy atom. The maximum Gasteiger partial charge on any atom is 0.322 e. The van der Waals surface area contributed by atoms with E-state index in [1.807, 2.05) is 39.0 Å². The van der Waals surface area contributed by atoms with Gasteiger partial charge in [0.2, 0.25) is 0 Å². The molecule has 1 aromatic carbocycles. The third kappa shape index (κ3) is 5.32. The van der Waals surface area contributed by atoms with Crippen LogP contribution in [0.1, 0.15) is 27.2 Å². The van der Waals surface area contributed by atoms with Gasteiger partial charge in [-0.2, -0.15) is 0 Å². The van der Waals surface area contributed by atoms with Gasteiger partial charge < -0.3 is 15.3 Å². The molecule has 1 rings (SSSR count). The number of carbonyl (C=O) groups is 2. The molecule has 0 spiro atoms. The lowest BCUT2D eigenvalue weighted by molar-refractivity contribution is -0.137. The fraction of sp³-hybridized carbons (Fsp3) is 0.429. The van der Waals surface area contributed by atoms with Crippen molar-refractivity contribution < 1.29 is 14.7 Å². The summed E-state index contributed by atoms with van der Waals surface area (Å²) in [6, 6.07) is 5.14. The van der Waals surface area contributed by atoms with Crippen molar-refractivity contribution in [1.82, 2.24) is 4.90 Å². The topological polar surface area (TPSA) is 69.6 Å². The number of nitrogens with zero attached hydrogens (tertiary/aromatic N) is 1. The molecule has 0 aliphatic heterocycles. The van der Waals surface area contributed by atoms with Gasteiger partial charge in [-0.1, -0.05) is 6.07 Å². The number of para-hydroxylation sites is 1. The molecule has 0 saturated carbocycles. The number of hydrogen-bond donors (Lipinski definition) is 2. The quantitative estimate of drug-likeness (QED) is 0.760. The summed E-state index contributed by atoms with van der Waals surface area (Å²) in [7, 11) is 0. The molecule has 0 bridgehead atoms. The highest BCUT2D eigenvalue weighted by Crippen LogP contribution is 2.31. The van der Waals surface area contributed by atoms with Crippen molar-refractivity contribution in [1.29, 1.82) is 0 Å². The highest BCUT2D eigenvalue weighted by molar-refractivity contribution is 9.11. The molecule has 0 aliphatic rings. The van der Waals surface area contributed by atoms with Crippen LogP contribution in [0.4, 0.5) is 10.5 Å². The maximum absolute atomic E-state index is 12.5. The molecule has 0 saturated heterocycles. The minimum Gasteiger partial charge on any atom is -0.481 e. The average Bonchev–Trinajstić information content (AvgIpc) is 2.32. The smallest absolute Gasteiger partial charge is 0.322 e. The molecule has 0 aliphatic carbocycles. The molecule has 2 N–H and O–H groups in total. The molecular formula is C14H18Br2N2O3. The van der Waals surface area contributed by atoms with E-state index in [-0.39, 0.29) is 19.0 Å². The first-order valence-corrected chi connectivity index (χ1v) is 7.96. The first-order valence-electron chi connectivity index (χ1n) is 6.37. The van der Waals surface area contributed by atoms with Crippen molar-refractivity contribution in [2.45, 2.75) is 32.7 Å². The van der Waals surface area contributed by atoms with Crippen molar-refractivity contribution in [3.05, 3.63) is 27.1 Å². The van der Waals surface area contributed by atoms with E-state index in [1.165, 1.54) is 4.90 Å². The highest BCUT2D eigenvalue weighted by atomic mass is 79.9. The fourth-order valence-corrected chi connectivity index (χ4v) is 2.94. The molecule has 116 valence electrons. The van der Waals surface area contributed by atoms with Gasteiger partial charge in [-0.05, 0) is 64.8 Å². The summed E-state index contributed by atoms with van der Waals surface area (Å²) in [6.45, 7) is 5.74. The third-order valence-corrected chi connectivity index (χ3v) is 4.12.